The number of aliphatic hydroxyl groups is 1. The number of hydrogen-bond donors (Lipinski definition) is 3. The van der Waals surface area contributed by atoms with Crippen LogP contribution >= 0.6 is 19.2 Å². The number of aliphatic hydroxyl groups excluding tert-OH is 1. The Bertz CT molecular complexity index is 923. The number of aromatic nitrogens is 2. The summed E-state index contributed by atoms with van der Waals surface area (Å²) in [6.07, 6.45) is -2.37. The Balaban J connectivity index is 2.01. The third-order valence-corrected chi connectivity index (χ3v) is 5.51. The quantitative estimate of drug-likeness (QED) is 0.281. The van der Waals surface area contributed by atoms with Crippen molar-refractivity contribution < 1.29 is 33.4 Å². The van der Waals surface area contributed by atoms with Crippen LogP contribution in [0, 0.1) is 0 Å². The molecule has 1 aromatic rings. The highest BCUT2D eigenvalue weighted by atomic mass is 35.5. The Morgan fingerprint density at radius 1 is 1.43 bits per heavy atom. The van der Waals surface area contributed by atoms with E-state index in [-0.39, 0.29) is 24.3 Å². The molecular weight excluding hydrogens is 443 g/mol. The number of nitrogens with zero attached hydrogens (tertiary/aromatic N) is 1. The first-order chi connectivity index (χ1) is 13.8. The molecule has 1 unspecified atom stereocenters. The molecule has 11 nitrogen and oxygen atoms in total. The molecule has 0 aliphatic carbocycles. The summed E-state index contributed by atoms with van der Waals surface area (Å²) in [5, 5.41) is 10.2. The zero-order chi connectivity index (χ0) is 22.7. The largest absolute Gasteiger partial charge is 0.459 e. The summed E-state index contributed by atoms with van der Waals surface area (Å²) in [4.78, 5) is 47.6. The van der Waals surface area contributed by atoms with E-state index in [2.05, 4.69) is 4.98 Å². The molecule has 1 aliphatic rings. The van der Waals surface area contributed by atoms with Crippen LogP contribution in [0.1, 0.15) is 39.0 Å². The molecule has 2 heterocycles. The normalized spacial score (nSPS) is 23.9. The van der Waals surface area contributed by atoms with Crippen molar-refractivity contribution in [3.63, 3.8) is 0 Å². The van der Waals surface area contributed by atoms with Crippen LogP contribution in [0.2, 0.25) is 0 Å². The first-order valence-electron chi connectivity index (χ1n) is 9.23. The van der Waals surface area contributed by atoms with Crippen molar-refractivity contribution in [3.8, 4) is 0 Å². The molecule has 1 saturated heterocycles. The minimum absolute atomic E-state index is 0.0118. The van der Waals surface area contributed by atoms with Crippen LogP contribution in [0.4, 0.5) is 0 Å². The van der Waals surface area contributed by atoms with Crippen LogP contribution < -0.4 is 11.2 Å². The van der Waals surface area contributed by atoms with Crippen LogP contribution in [-0.2, 0) is 29.8 Å². The maximum absolute atomic E-state index is 12.1. The Morgan fingerprint density at radius 3 is 2.70 bits per heavy atom. The van der Waals surface area contributed by atoms with Crippen LogP contribution in [-0.4, -0.2) is 62.0 Å². The van der Waals surface area contributed by atoms with Crippen LogP contribution in [0.3, 0.4) is 0 Å². The van der Waals surface area contributed by atoms with Crippen molar-refractivity contribution in [3.05, 3.63) is 32.6 Å². The number of rotatable bonds is 8. The van der Waals surface area contributed by atoms with Crippen LogP contribution in [0.15, 0.2) is 15.8 Å². The smallest absolute Gasteiger partial charge is 0.339 e. The lowest BCUT2D eigenvalue weighted by Crippen LogP contribution is -2.34. The van der Waals surface area contributed by atoms with Gasteiger partial charge in [-0.2, -0.15) is 0 Å². The number of H-pyrrole nitrogens is 1. The van der Waals surface area contributed by atoms with Crippen molar-refractivity contribution in [1.29, 1.82) is 0 Å². The average Bonchev–Trinajstić information content (AvgIpc) is 2.94. The van der Waals surface area contributed by atoms with Gasteiger partial charge in [0, 0.05) is 24.1 Å². The fourth-order valence-corrected chi connectivity index (χ4v) is 3.89. The number of esters is 1. The van der Waals surface area contributed by atoms with Crippen molar-refractivity contribution in [2.24, 2.45) is 0 Å². The second-order valence-corrected chi connectivity index (χ2v) is 10.1. The fourth-order valence-electron chi connectivity index (χ4n) is 2.83. The molecule has 13 heteroatoms. The van der Waals surface area contributed by atoms with Gasteiger partial charge in [-0.25, -0.2) is 4.79 Å². The monoisotopic (exact) mass is 468 g/mol. The molecule has 0 spiro atoms. The molecule has 0 bridgehead atoms. The fraction of sp³-hybridized carbons (Fsp3) is 0.706. The van der Waals surface area contributed by atoms with E-state index in [1.807, 2.05) is 0 Å². The summed E-state index contributed by atoms with van der Waals surface area (Å²) in [6, 6.07) is 0. The summed E-state index contributed by atoms with van der Waals surface area (Å²) in [5.41, 5.74) is -1.82. The molecule has 0 saturated carbocycles. The van der Waals surface area contributed by atoms with Crippen LogP contribution in [0.25, 0.3) is 0 Å². The number of hydrogen-bond acceptors (Lipinski definition) is 8. The van der Waals surface area contributed by atoms with Gasteiger partial charge in [0.15, 0.2) is 0 Å². The van der Waals surface area contributed by atoms with E-state index in [1.54, 1.807) is 20.8 Å². The van der Waals surface area contributed by atoms with Crippen molar-refractivity contribution >= 4 is 25.2 Å². The standard InChI is InChI=1S/C17H26ClN2O9P/c1-17(2,3)29-14(22)9-30(25,26)27-8-12-11(21)6-13(28-12)20-7-10(4-5-18)15(23)19-16(20)24/h7,11-13,21H,4-6,8-9H2,1-3H3,(H,25,26)(H,19,23,24)/t11-,12+,13+/m0/s1. The molecule has 1 aromatic heterocycles. The highest BCUT2D eigenvalue weighted by molar-refractivity contribution is 7.53. The van der Waals surface area contributed by atoms with Gasteiger partial charge in [-0.3, -0.25) is 23.7 Å². The lowest BCUT2D eigenvalue weighted by molar-refractivity contribution is -0.151. The summed E-state index contributed by atoms with van der Waals surface area (Å²) < 4.78 is 28.7. The van der Waals surface area contributed by atoms with Crippen molar-refractivity contribution in [2.45, 2.75) is 57.6 Å². The van der Waals surface area contributed by atoms with Gasteiger partial charge in [-0.05, 0) is 27.2 Å². The van der Waals surface area contributed by atoms with Gasteiger partial charge in [0.25, 0.3) is 5.56 Å². The van der Waals surface area contributed by atoms with Crippen LogP contribution in [0.5, 0.6) is 0 Å². The Kier molecular flexibility index (Phi) is 8.06. The zero-order valence-electron chi connectivity index (χ0n) is 16.9. The Labute approximate surface area is 177 Å². The molecule has 0 amide bonds. The van der Waals surface area contributed by atoms with Gasteiger partial charge in [-0.15, -0.1) is 11.6 Å². The molecule has 4 atom stereocenters. The third kappa shape index (κ3) is 7.04. The number of aryl methyl sites for hydroxylation is 1. The second kappa shape index (κ2) is 9.76. The minimum Gasteiger partial charge on any atom is -0.459 e. The van der Waals surface area contributed by atoms with E-state index < -0.39 is 61.6 Å². The Morgan fingerprint density at radius 2 is 2.10 bits per heavy atom. The predicted octanol–water partition coefficient (Wildman–Crippen LogP) is 0.510. The van der Waals surface area contributed by atoms with E-state index in [9.17, 15) is 28.9 Å². The average molecular weight is 469 g/mol. The predicted molar refractivity (Wildman–Crippen MR) is 107 cm³/mol. The topological polar surface area (TPSA) is 157 Å². The summed E-state index contributed by atoms with van der Waals surface area (Å²) in [5.74, 6) is -0.722. The lowest BCUT2D eigenvalue weighted by Gasteiger charge is -2.21. The first kappa shape index (κ1) is 24.8. The molecule has 0 radical (unpaired) electrons. The number of carbonyl (C=O) groups is 1. The maximum atomic E-state index is 12.1. The van der Waals surface area contributed by atoms with Crippen molar-refractivity contribution in [1.82, 2.24) is 9.55 Å². The van der Waals surface area contributed by atoms with Gasteiger partial charge in [0.1, 0.15) is 24.1 Å². The lowest BCUT2D eigenvalue weighted by atomic mass is 10.2. The van der Waals surface area contributed by atoms with Gasteiger partial charge in [0.2, 0.25) is 0 Å². The zero-order valence-corrected chi connectivity index (χ0v) is 18.5. The highest BCUT2D eigenvalue weighted by Gasteiger charge is 2.38. The van der Waals surface area contributed by atoms with E-state index in [0.717, 1.165) is 4.57 Å². The summed E-state index contributed by atoms with van der Waals surface area (Å²) in [7, 11) is -4.33. The van der Waals surface area contributed by atoms with E-state index in [0.29, 0.717) is 0 Å². The van der Waals surface area contributed by atoms with E-state index in [1.165, 1.54) is 6.20 Å². The third-order valence-electron chi connectivity index (χ3n) is 4.11. The molecule has 170 valence electrons. The van der Waals surface area contributed by atoms with Gasteiger partial charge in [-0.1, -0.05) is 0 Å². The van der Waals surface area contributed by atoms with Gasteiger partial charge >= 0.3 is 19.3 Å². The summed E-state index contributed by atoms with van der Waals surface area (Å²) in [6.45, 7) is 4.37. The summed E-state index contributed by atoms with van der Waals surface area (Å²) >= 11 is 5.65. The molecule has 1 fully saturated rings. The number of ether oxygens (including phenoxy) is 2. The Hall–Kier alpha value is -1.49. The molecule has 1 aliphatic heterocycles. The molecular formula is C17H26ClN2O9P. The number of aromatic amines is 1. The SMILES string of the molecule is CC(C)(C)OC(=O)CP(=O)(O)OC[C@H]1O[C@@H](n2cc(CCCl)c(=O)[nH]c2=O)C[C@@H]1O. The van der Waals surface area contributed by atoms with Crippen molar-refractivity contribution in [2.75, 3.05) is 18.6 Å². The van der Waals surface area contributed by atoms with Gasteiger partial charge < -0.3 is 24.0 Å². The first-order valence-corrected chi connectivity index (χ1v) is 11.5. The number of nitrogens with one attached hydrogen (secondary N) is 1. The highest BCUT2D eigenvalue weighted by Crippen LogP contribution is 2.43. The van der Waals surface area contributed by atoms with Gasteiger partial charge in [0.05, 0.1) is 12.7 Å². The number of alkyl halides is 1. The molecule has 0 aromatic carbocycles. The molecule has 3 N–H and O–H groups in total. The van der Waals surface area contributed by atoms with E-state index in [4.69, 9.17) is 25.6 Å². The van der Waals surface area contributed by atoms with E-state index >= 15 is 0 Å². The molecule has 30 heavy (non-hydrogen) atoms. The maximum Gasteiger partial charge on any atom is 0.339 e. The molecule has 2 rings (SSSR count). The number of carbonyl (C=O) groups excluding carboxylic acids is 1. The minimum atomic E-state index is -4.33. The second-order valence-electron chi connectivity index (χ2n) is 7.87. The number of halogens is 1.